The van der Waals surface area contributed by atoms with Crippen molar-refractivity contribution in [2.24, 2.45) is 0 Å². The first-order valence-corrected chi connectivity index (χ1v) is 4.59. The zero-order valence-corrected chi connectivity index (χ0v) is 8.01. The molecule has 0 fully saturated rings. The number of rotatable bonds is 3. The number of aromatic nitrogens is 3. The van der Waals surface area contributed by atoms with Gasteiger partial charge >= 0.3 is 0 Å². The second-order valence-corrected chi connectivity index (χ2v) is 2.95. The Morgan fingerprint density at radius 1 is 1.29 bits per heavy atom. The van der Waals surface area contributed by atoms with Crippen molar-refractivity contribution in [1.82, 2.24) is 14.6 Å². The first-order valence-electron chi connectivity index (χ1n) is 4.59. The van der Waals surface area contributed by atoms with Crippen molar-refractivity contribution in [2.75, 3.05) is 5.43 Å². The van der Waals surface area contributed by atoms with Crippen molar-refractivity contribution in [3.05, 3.63) is 42.6 Å². The van der Waals surface area contributed by atoms with Crippen LogP contribution >= 0.6 is 0 Å². The molecule has 1 N–H and O–H groups in total. The number of nitrogens with one attached hydrogen (secondary N) is 1. The van der Waals surface area contributed by atoms with Crippen LogP contribution in [0.4, 0.5) is 5.82 Å². The highest BCUT2D eigenvalue weighted by atomic mass is 15.4. The minimum atomic E-state index is 0.813. The Balaban J connectivity index is 2.17. The molecule has 4 heteroatoms. The van der Waals surface area contributed by atoms with E-state index in [1.165, 1.54) is 0 Å². The van der Waals surface area contributed by atoms with Crippen LogP contribution in [0.15, 0.2) is 36.9 Å². The summed E-state index contributed by atoms with van der Waals surface area (Å²) in [4.78, 5) is 8.25. The summed E-state index contributed by atoms with van der Waals surface area (Å²) in [5.74, 6) is 0.813. The third kappa shape index (κ3) is 1.90. The maximum atomic E-state index is 4.13. The smallest absolute Gasteiger partial charge is 0.148 e. The standard InChI is InChI=1S/C10H12N4/c1-2-9-7-10(12-8-11-9)13-14-5-3-4-6-14/h3-8H,2H2,1H3,(H,11,12,13). The Morgan fingerprint density at radius 2 is 2.07 bits per heavy atom. The zero-order chi connectivity index (χ0) is 9.80. The quantitative estimate of drug-likeness (QED) is 0.797. The summed E-state index contributed by atoms with van der Waals surface area (Å²) in [6.45, 7) is 2.07. The van der Waals surface area contributed by atoms with Gasteiger partial charge in [0.1, 0.15) is 12.1 Å². The van der Waals surface area contributed by atoms with Crippen LogP contribution in [0.5, 0.6) is 0 Å². The number of hydrogen-bond acceptors (Lipinski definition) is 3. The van der Waals surface area contributed by atoms with Crippen LogP contribution in [0, 0.1) is 0 Å². The van der Waals surface area contributed by atoms with Gasteiger partial charge in [-0.2, -0.15) is 0 Å². The Bertz CT molecular complexity index is 394. The van der Waals surface area contributed by atoms with E-state index in [0.717, 1.165) is 17.9 Å². The van der Waals surface area contributed by atoms with Crippen molar-refractivity contribution < 1.29 is 0 Å². The normalized spacial score (nSPS) is 10.1. The Labute approximate surface area is 82.6 Å². The van der Waals surface area contributed by atoms with E-state index in [-0.39, 0.29) is 0 Å². The molecule has 2 heterocycles. The molecule has 14 heavy (non-hydrogen) atoms. The molecule has 0 atom stereocenters. The van der Waals surface area contributed by atoms with Gasteiger partial charge < -0.3 is 0 Å². The number of anilines is 1. The van der Waals surface area contributed by atoms with Crippen LogP contribution in [0.25, 0.3) is 0 Å². The van der Waals surface area contributed by atoms with Gasteiger partial charge in [0.15, 0.2) is 0 Å². The lowest BCUT2D eigenvalue weighted by atomic mass is 10.3. The molecule has 0 aliphatic carbocycles. The average molecular weight is 188 g/mol. The fourth-order valence-corrected chi connectivity index (χ4v) is 1.19. The third-order valence-electron chi connectivity index (χ3n) is 1.93. The molecule has 4 nitrogen and oxygen atoms in total. The largest absolute Gasteiger partial charge is 0.278 e. The van der Waals surface area contributed by atoms with Crippen molar-refractivity contribution >= 4 is 5.82 Å². The lowest BCUT2D eigenvalue weighted by molar-refractivity contribution is 0.928. The molecule has 0 bridgehead atoms. The molecule has 0 unspecified atom stereocenters. The average Bonchev–Trinajstić information content (AvgIpc) is 2.71. The van der Waals surface area contributed by atoms with E-state index in [2.05, 4.69) is 22.3 Å². The van der Waals surface area contributed by atoms with Crippen LogP contribution in [-0.2, 0) is 6.42 Å². The van der Waals surface area contributed by atoms with Gasteiger partial charge in [0.05, 0.1) is 0 Å². The first kappa shape index (κ1) is 8.74. The van der Waals surface area contributed by atoms with Crippen molar-refractivity contribution in [3.63, 3.8) is 0 Å². The van der Waals surface area contributed by atoms with Gasteiger partial charge in [0, 0.05) is 24.2 Å². The summed E-state index contributed by atoms with van der Waals surface area (Å²) in [6, 6.07) is 5.85. The highest BCUT2D eigenvalue weighted by Crippen LogP contribution is 2.04. The number of nitrogens with zero attached hydrogens (tertiary/aromatic N) is 3. The van der Waals surface area contributed by atoms with Crippen molar-refractivity contribution in [1.29, 1.82) is 0 Å². The van der Waals surface area contributed by atoms with Gasteiger partial charge in [-0.15, -0.1) is 0 Å². The summed E-state index contributed by atoms with van der Waals surface area (Å²) in [6.07, 6.45) is 6.34. The lowest BCUT2D eigenvalue weighted by Crippen LogP contribution is -2.07. The summed E-state index contributed by atoms with van der Waals surface area (Å²) in [5.41, 5.74) is 4.16. The highest BCUT2D eigenvalue weighted by Gasteiger charge is 1.95. The second-order valence-electron chi connectivity index (χ2n) is 2.95. The van der Waals surface area contributed by atoms with Crippen LogP contribution in [0.2, 0.25) is 0 Å². The van der Waals surface area contributed by atoms with Gasteiger partial charge in [-0.05, 0) is 18.6 Å². The van der Waals surface area contributed by atoms with Crippen LogP contribution < -0.4 is 5.43 Å². The Morgan fingerprint density at radius 3 is 2.79 bits per heavy atom. The fourth-order valence-electron chi connectivity index (χ4n) is 1.19. The summed E-state index contributed by atoms with van der Waals surface area (Å²) >= 11 is 0. The molecule has 0 radical (unpaired) electrons. The zero-order valence-electron chi connectivity index (χ0n) is 8.01. The van der Waals surface area contributed by atoms with Gasteiger partial charge in [0.2, 0.25) is 0 Å². The van der Waals surface area contributed by atoms with Crippen molar-refractivity contribution in [2.45, 2.75) is 13.3 Å². The molecule has 2 rings (SSSR count). The first-order chi connectivity index (χ1) is 6.88. The highest BCUT2D eigenvalue weighted by molar-refractivity contribution is 5.34. The molecule has 0 aromatic carbocycles. The van der Waals surface area contributed by atoms with E-state index >= 15 is 0 Å². The number of hydrogen-bond donors (Lipinski definition) is 1. The van der Waals surface area contributed by atoms with E-state index in [4.69, 9.17) is 0 Å². The van der Waals surface area contributed by atoms with Crippen LogP contribution in [-0.4, -0.2) is 14.6 Å². The maximum absolute atomic E-state index is 4.13. The van der Waals surface area contributed by atoms with Crippen molar-refractivity contribution in [3.8, 4) is 0 Å². The van der Waals surface area contributed by atoms with E-state index in [1.54, 1.807) is 6.33 Å². The molecule has 2 aromatic rings. The minimum absolute atomic E-state index is 0.813. The Hall–Kier alpha value is -1.84. The molecular weight excluding hydrogens is 176 g/mol. The molecule has 0 aliphatic rings. The fraction of sp³-hybridized carbons (Fsp3) is 0.200. The van der Waals surface area contributed by atoms with E-state index < -0.39 is 0 Å². The Kier molecular flexibility index (Phi) is 2.44. The van der Waals surface area contributed by atoms with Gasteiger partial charge in [-0.3, -0.25) is 10.1 Å². The molecule has 0 saturated heterocycles. The summed E-state index contributed by atoms with van der Waals surface area (Å²) < 4.78 is 1.85. The van der Waals surface area contributed by atoms with Gasteiger partial charge in [0.25, 0.3) is 0 Å². The van der Waals surface area contributed by atoms with Gasteiger partial charge in [-0.1, -0.05) is 6.92 Å². The molecule has 0 amide bonds. The molecule has 72 valence electrons. The van der Waals surface area contributed by atoms with Crippen LogP contribution in [0.3, 0.4) is 0 Å². The third-order valence-corrected chi connectivity index (χ3v) is 1.93. The predicted octanol–water partition coefficient (Wildman–Crippen LogP) is 1.72. The SMILES string of the molecule is CCc1cc(Nn2cccc2)ncn1. The maximum Gasteiger partial charge on any atom is 0.148 e. The number of aryl methyl sites for hydroxylation is 1. The monoisotopic (exact) mass is 188 g/mol. The second kappa shape index (κ2) is 3.91. The summed E-state index contributed by atoms with van der Waals surface area (Å²) in [5, 5.41) is 0. The van der Waals surface area contributed by atoms with E-state index in [1.807, 2.05) is 35.3 Å². The minimum Gasteiger partial charge on any atom is -0.278 e. The van der Waals surface area contributed by atoms with Gasteiger partial charge in [-0.25, -0.2) is 9.97 Å². The lowest BCUT2D eigenvalue weighted by Gasteiger charge is -2.06. The predicted molar refractivity (Wildman–Crippen MR) is 54.9 cm³/mol. The van der Waals surface area contributed by atoms with E-state index in [9.17, 15) is 0 Å². The molecule has 2 aromatic heterocycles. The molecule has 0 aliphatic heterocycles. The topological polar surface area (TPSA) is 42.7 Å². The molecule has 0 spiro atoms. The van der Waals surface area contributed by atoms with Crippen LogP contribution in [0.1, 0.15) is 12.6 Å². The van der Waals surface area contributed by atoms with E-state index in [0.29, 0.717) is 0 Å². The molecule has 0 saturated carbocycles. The molecular formula is C10H12N4. The summed E-state index contributed by atoms with van der Waals surface area (Å²) in [7, 11) is 0.